The molecule has 0 saturated carbocycles. The first-order chi connectivity index (χ1) is 22.1. The van der Waals surface area contributed by atoms with E-state index in [1.165, 1.54) is 12.1 Å². The Morgan fingerprint density at radius 2 is 1.72 bits per heavy atom. The molecular formula is C30H43F2N4O10P. The van der Waals surface area contributed by atoms with Crippen molar-refractivity contribution < 1.29 is 51.3 Å². The molecule has 1 aromatic heterocycles. The molecular weight excluding hydrogens is 645 g/mol. The first-order valence-electron chi connectivity index (χ1n) is 15.3. The number of hydrogen-bond acceptors (Lipinski definition) is 12. The van der Waals surface area contributed by atoms with E-state index in [-0.39, 0.29) is 43.5 Å². The number of anilines is 1. The number of carbonyl (C=O) groups is 2. The van der Waals surface area contributed by atoms with Crippen LogP contribution >= 0.6 is 7.75 Å². The molecule has 3 rings (SSSR count). The number of alkyl halides is 2. The standard InChI is InChI=1S/C30H43F2N4O10P/c1-19(2)13-16-42-25(37)11-10-22(27(39)43-17-14-20(3)4)35-47(41,46-21-8-6-5-7-9-21)44-18-23-26(38)30(31,32)28(45-23)36-15-12-24(33)34-29(36)40/h5-9,12,15,19-20,22-23,26,28,38H,10-11,13-14,16-18H2,1-4H3,(H,35,41)(H2,33,34,40)/t22-,23+,26?,28+,47?/m0/s1. The summed E-state index contributed by atoms with van der Waals surface area (Å²) >= 11 is 0. The molecule has 17 heteroatoms. The predicted molar refractivity (Wildman–Crippen MR) is 165 cm³/mol. The van der Waals surface area contributed by atoms with Gasteiger partial charge in [0.2, 0.25) is 6.23 Å². The molecule has 1 aromatic carbocycles. The zero-order valence-electron chi connectivity index (χ0n) is 26.8. The Labute approximate surface area is 271 Å². The molecule has 0 radical (unpaired) electrons. The summed E-state index contributed by atoms with van der Waals surface area (Å²) in [7, 11) is -4.66. The number of benzene rings is 1. The number of nitrogen functional groups attached to an aromatic ring is 1. The number of esters is 2. The number of hydrogen-bond donors (Lipinski definition) is 3. The number of nitrogens with zero attached hydrogens (tertiary/aromatic N) is 2. The Morgan fingerprint density at radius 1 is 1.09 bits per heavy atom. The van der Waals surface area contributed by atoms with Crippen LogP contribution in [0.4, 0.5) is 14.6 Å². The van der Waals surface area contributed by atoms with Crippen molar-refractivity contribution in [3.05, 3.63) is 53.1 Å². The number of aliphatic hydroxyl groups excluding tert-OH is 1. The van der Waals surface area contributed by atoms with Crippen molar-refractivity contribution in [3.8, 4) is 5.75 Å². The highest BCUT2D eigenvalue weighted by molar-refractivity contribution is 7.52. The van der Waals surface area contributed by atoms with Crippen molar-refractivity contribution in [2.24, 2.45) is 11.8 Å². The van der Waals surface area contributed by atoms with E-state index in [0.717, 1.165) is 12.3 Å². The third-order valence-electron chi connectivity index (χ3n) is 6.99. The van der Waals surface area contributed by atoms with Gasteiger partial charge in [0.05, 0.1) is 19.8 Å². The van der Waals surface area contributed by atoms with Gasteiger partial charge in [-0.1, -0.05) is 45.9 Å². The van der Waals surface area contributed by atoms with Gasteiger partial charge in [0.1, 0.15) is 23.7 Å². The number of nitrogens with one attached hydrogen (secondary N) is 1. The summed E-state index contributed by atoms with van der Waals surface area (Å²) in [4.78, 5) is 41.2. The molecule has 47 heavy (non-hydrogen) atoms. The number of aromatic nitrogens is 2. The molecule has 2 aromatic rings. The maximum absolute atomic E-state index is 15.1. The van der Waals surface area contributed by atoms with Gasteiger partial charge in [-0.15, -0.1) is 0 Å². The third kappa shape index (κ3) is 11.4. The molecule has 2 unspecified atom stereocenters. The molecule has 0 spiro atoms. The Bertz CT molecular complexity index is 1430. The number of nitrogens with two attached hydrogens (primary N) is 1. The summed E-state index contributed by atoms with van der Waals surface area (Å²) < 4.78 is 71.8. The molecule has 0 bridgehead atoms. The molecule has 1 aliphatic heterocycles. The largest absolute Gasteiger partial charge is 0.466 e. The highest BCUT2D eigenvalue weighted by Gasteiger charge is 2.60. The normalized spacial score (nSPS) is 20.9. The van der Waals surface area contributed by atoms with Crippen molar-refractivity contribution in [1.29, 1.82) is 0 Å². The van der Waals surface area contributed by atoms with Gasteiger partial charge < -0.3 is 29.6 Å². The van der Waals surface area contributed by atoms with E-state index >= 15 is 8.78 Å². The number of ether oxygens (including phenoxy) is 3. The fraction of sp³-hybridized carbons (Fsp3) is 0.600. The average molecular weight is 689 g/mol. The van der Waals surface area contributed by atoms with Gasteiger partial charge in [0.15, 0.2) is 6.10 Å². The van der Waals surface area contributed by atoms with Gasteiger partial charge in [-0.2, -0.15) is 18.9 Å². The van der Waals surface area contributed by atoms with Crippen LogP contribution in [0.5, 0.6) is 5.75 Å². The lowest BCUT2D eigenvalue weighted by molar-refractivity contribution is -0.147. The van der Waals surface area contributed by atoms with Gasteiger partial charge in [-0.05, 0) is 49.3 Å². The summed E-state index contributed by atoms with van der Waals surface area (Å²) in [5.74, 6) is -5.14. The minimum Gasteiger partial charge on any atom is -0.466 e. The zero-order chi connectivity index (χ0) is 34.8. The van der Waals surface area contributed by atoms with Crippen LogP contribution in [0.1, 0.15) is 59.6 Å². The van der Waals surface area contributed by atoms with E-state index in [4.69, 9.17) is 29.0 Å². The number of para-hydroxylation sites is 1. The highest BCUT2D eigenvalue weighted by Crippen LogP contribution is 2.48. The molecule has 262 valence electrons. The number of carbonyl (C=O) groups excluding carboxylic acids is 2. The smallest absolute Gasteiger partial charge is 0.459 e. The predicted octanol–water partition coefficient (Wildman–Crippen LogP) is 3.84. The quantitative estimate of drug-likeness (QED) is 0.151. The van der Waals surface area contributed by atoms with Crippen LogP contribution in [-0.2, 0) is 32.9 Å². The first-order valence-corrected chi connectivity index (χ1v) is 16.8. The summed E-state index contributed by atoms with van der Waals surface area (Å²) in [6.45, 7) is 7.08. The van der Waals surface area contributed by atoms with Crippen molar-refractivity contribution in [2.75, 3.05) is 25.6 Å². The average Bonchev–Trinajstić information content (AvgIpc) is 3.21. The maximum Gasteiger partial charge on any atom is 0.459 e. The monoisotopic (exact) mass is 688 g/mol. The van der Waals surface area contributed by atoms with Crippen LogP contribution in [0.2, 0.25) is 0 Å². The minimum absolute atomic E-state index is 0.0268. The van der Waals surface area contributed by atoms with Crippen molar-refractivity contribution in [3.63, 3.8) is 0 Å². The number of halogens is 2. The van der Waals surface area contributed by atoms with E-state index in [0.29, 0.717) is 23.3 Å². The second-order valence-corrected chi connectivity index (χ2v) is 13.6. The van der Waals surface area contributed by atoms with Crippen LogP contribution < -0.4 is 21.0 Å². The molecule has 4 N–H and O–H groups in total. The SMILES string of the molecule is CC(C)CCOC(=O)CC[C@H](NP(=O)(OC[C@H]1O[C@@H](n2ccc(N)nc2=O)C(F)(F)C1O)Oc1ccccc1)C(=O)OCCC(C)C. The van der Waals surface area contributed by atoms with Crippen LogP contribution in [0.25, 0.3) is 0 Å². The third-order valence-corrected chi connectivity index (χ3v) is 8.56. The molecule has 0 amide bonds. The van der Waals surface area contributed by atoms with Crippen molar-refractivity contribution >= 4 is 25.5 Å². The summed E-state index contributed by atoms with van der Waals surface area (Å²) in [6, 6.07) is 7.35. The molecule has 2 heterocycles. The Hall–Kier alpha value is -3.43. The molecule has 14 nitrogen and oxygen atoms in total. The Balaban J connectivity index is 1.82. The molecule has 1 saturated heterocycles. The maximum atomic E-state index is 15.1. The van der Waals surface area contributed by atoms with Gasteiger partial charge in [0, 0.05) is 12.6 Å². The van der Waals surface area contributed by atoms with Gasteiger partial charge in [-0.3, -0.25) is 18.7 Å². The topological polar surface area (TPSA) is 191 Å². The second-order valence-electron chi connectivity index (χ2n) is 11.9. The van der Waals surface area contributed by atoms with Crippen molar-refractivity contribution in [1.82, 2.24) is 14.6 Å². The van der Waals surface area contributed by atoms with Crippen LogP contribution in [0.15, 0.2) is 47.4 Å². The number of rotatable bonds is 18. The lowest BCUT2D eigenvalue weighted by Crippen LogP contribution is -2.42. The highest BCUT2D eigenvalue weighted by atomic mass is 31.2. The van der Waals surface area contributed by atoms with Crippen LogP contribution in [0, 0.1) is 11.8 Å². The van der Waals surface area contributed by atoms with E-state index < -0.39 is 62.4 Å². The fourth-order valence-electron chi connectivity index (χ4n) is 4.26. The fourth-order valence-corrected chi connectivity index (χ4v) is 5.80. The van der Waals surface area contributed by atoms with Crippen LogP contribution in [-0.4, -0.2) is 70.6 Å². The zero-order valence-corrected chi connectivity index (χ0v) is 27.6. The molecule has 1 aliphatic rings. The summed E-state index contributed by atoms with van der Waals surface area (Å²) in [5, 5.41) is 12.9. The first kappa shape index (κ1) is 38.0. The summed E-state index contributed by atoms with van der Waals surface area (Å²) in [6.07, 6.45) is -5.01. The lowest BCUT2D eigenvalue weighted by Gasteiger charge is -2.26. The van der Waals surface area contributed by atoms with E-state index in [9.17, 15) is 24.1 Å². The van der Waals surface area contributed by atoms with Gasteiger partial charge in [-0.25, -0.2) is 9.36 Å². The molecule has 1 fully saturated rings. The second kappa shape index (κ2) is 17.1. The van der Waals surface area contributed by atoms with E-state index in [2.05, 4.69) is 10.1 Å². The number of aliphatic hydroxyl groups is 1. The van der Waals surface area contributed by atoms with E-state index in [1.807, 2.05) is 27.7 Å². The lowest BCUT2D eigenvalue weighted by atomic mass is 10.1. The Morgan fingerprint density at radius 3 is 2.34 bits per heavy atom. The molecule has 0 aliphatic carbocycles. The van der Waals surface area contributed by atoms with E-state index in [1.54, 1.807) is 18.2 Å². The Kier molecular flexibility index (Phi) is 13.8. The van der Waals surface area contributed by atoms with Crippen molar-refractivity contribution in [2.45, 2.75) is 83.8 Å². The molecule has 5 atom stereocenters. The minimum atomic E-state index is -4.66. The van der Waals surface area contributed by atoms with Crippen LogP contribution in [0.3, 0.4) is 0 Å². The van der Waals surface area contributed by atoms with Gasteiger partial charge in [0.25, 0.3) is 0 Å². The summed E-state index contributed by atoms with van der Waals surface area (Å²) in [5.41, 5.74) is 4.30. The van der Waals surface area contributed by atoms with Gasteiger partial charge >= 0.3 is 31.3 Å².